The molecular formula is C23H27BN6O3S. The summed E-state index contributed by atoms with van der Waals surface area (Å²) in [5.74, 6) is 0.496. The lowest BCUT2D eigenvalue weighted by molar-refractivity contribution is -0.155. The van der Waals surface area contributed by atoms with Gasteiger partial charge in [-0.1, -0.05) is 22.9 Å². The number of thiazole rings is 1. The molecule has 4 rings (SSSR count). The van der Waals surface area contributed by atoms with E-state index in [4.69, 9.17) is 12.6 Å². The van der Waals surface area contributed by atoms with Gasteiger partial charge < -0.3 is 15.0 Å². The van der Waals surface area contributed by atoms with Gasteiger partial charge in [0.15, 0.2) is 5.13 Å². The van der Waals surface area contributed by atoms with Gasteiger partial charge in [-0.25, -0.2) is 19.7 Å². The van der Waals surface area contributed by atoms with Gasteiger partial charge in [0.05, 0.1) is 17.5 Å². The molecule has 2 radical (unpaired) electrons. The molecule has 0 spiro atoms. The van der Waals surface area contributed by atoms with Crippen molar-refractivity contribution in [3.05, 3.63) is 24.5 Å². The maximum absolute atomic E-state index is 12.3. The third-order valence-corrected chi connectivity index (χ3v) is 7.00. The molecule has 1 aliphatic heterocycles. The van der Waals surface area contributed by atoms with E-state index in [0.717, 1.165) is 15.8 Å². The summed E-state index contributed by atoms with van der Waals surface area (Å²) in [6, 6.07) is 3.47. The first-order valence-corrected chi connectivity index (χ1v) is 12.1. The average molecular weight is 478 g/mol. The molecule has 1 aliphatic rings. The van der Waals surface area contributed by atoms with Crippen LogP contribution in [0.25, 0.3) is 21.3 Å². The summed E-state index contributed by atoms with van der Waals surface area (Å²) in [5, 5.41) is 5.89. The van der Waals surface area contributed by atoms with E-state index in [1.165, 1.54) is 11.3 Å². The molecule has 0 saturated carbocycles. The smallest absolute Gasteiger partial charge is 0.321 e. The van der Waals surface area contributed by atoms with Gasteiger partial charge in [-0.3, -0.25) is 10.1 Å². The summed E-state index contributed by atoms with van der Waals surface area (Å²) in [6.45, 7) is 7.94. The van der Waals surface area contributed by atoms with Crippen molar-refractivity contribution in [1.82, 2.24) is 20.3 Å². The van der Waals surface area contributed by atoms with Gasteiger partial charge in [0.2, 0.25) is 5.95 Å². The third kappa shape index (κ3) is 4.99. The highest BCUT2D eigenvalue weighted by molar-refractivity contribution is 7.23. The summed E-state index contributed by atoms with van der Waals surface area (Å²) in [7, 11) is 6.27. The van der Waals surface area contributed by atoms with Crippen LogP contribution in [0, 0.1) is 5.41 Å². The second-order valence-electron chi connectivity index (χ2n) is 8.46. The molecule has 0 aliphatic carbocycles. The molecule has 1 aromatic carbocycles. The monoisotopic (exact) mass is 478 g/mol. The van der Waals surface area contributed by atoms with Crippen molar-refractivity contribution in [3.63, 3.8) is 0 Å². The predicted molar refractivity (Wildman–Crippen MR) is 135 cm³/mol. The highest BCUT2D eigenvalue weighted by atomic mass is 32.1. The number of piperidine rings is 1. The molecule has 2 aromatic heterocycles. The summed E-state index contributed by atoms with van der Waals surface area (Å²) < 4.78 is 6.05. The van der Waals surface area contributed by atoms with Gasteiger partial charge in [-0.2, -0.15) is 0 Å². The minimum absolute atomic E-state index is 0.134. The Morgan fingerprint density at radius 1 is 1.18 bits per heavy atom. The number of nitrogens with one attached hydrogen (secondary N) is 2. The number of carbonyl (C=O) groups is 2. The van der Waals surface area contributed by atoms with E-state index in [0.29, 0.717) is 61.1 Å². The predicted octanol–water partition coefficient (Wildman–Crippen LogP) is 2.86. The van der Waals surface area contributed by atoms with Gasteiger partial charge in [0.25, 0.3) is 0 Å². The first kappa shape index (κ1) is 23.9. The number of rotatable bonds is 6. The topological polar surface area (TPSA) is 109 Å². The molecule has 3 heterocycles. The zero-order valence-electron chi connectivity index (χ0n) is 19.6. The molecule has 0 unspecified atom stereocenters. The quantitative estimate of drug-likeness (QED) is 0.414. The molecule has 1 saturated heterocycles. The Morgan fingerprint density at radius 3 is 2.53 bits per heavy atom. The van der Waals surface area contributed by atoms with E-state index in [1.54, 1.807) is 12.4 Å². The first-order chi connectivity index (χ1) is 16.3. The third-order valence-electron chi connectivity index (χ3n) is 5.97. The van der Waals surface area contributed by atoms with Crippen LogP contribution in [0.1, 0.15) is 33.6 Å². The largest absolute Gasteiger partial charge is 0.466 e. The van der Waals surface area contributed by atoms with Crippen LogP contribution in [0.2, 0.25) is 0 Å². The standard InChI is InChI=1S/C23H27BN6O3S/c1-4-25-21(32)29-22-28-17-11-14(10-16(24)18(17)34-22)15-12-26-20(27-13-15)30-8-6-23(3,7-9-30)19(31)33-5-2/h10-13H,4-9H2,1-3H3,(H2,25,28,29,32). The van der Waals surface area contributed by atoms with Crippen LogP contribution < -0.4 is 21.0 Å². The second-order valence-corrected chi connectivity index (χ2v) is 9.46. The van der Waals surface area contributed by atoms with E-state index < -0.39 is 5.41 Å². The lowest BCUT2D eigenvalue weighted by Crippen LogP contribution is -2.44. The maximum Gasteiger partial charge on any atom is 0.321 e. The number of urea groups is 1. The SMILES string of the molecule is [B]c1cc(-c2cnc(N3CCC(C)(C(=O)OCC)CC3)nc2)cc2nc(NC(=O)NCC)sc12. The van der Waals surface area contributed by atoms with Gasteiger partial charge in [-0.15, -0.1) is 0 Å². The van der Waals surface area contributed by atoms with Crippen molar-refractivity contribution in [3.8, 4) is 11.1 Å². The van der Waals surface area contributed by atoms with Crippen molar-refractivity contribution in [2.75, 3.05) is 36.5 Å². The van der Waals surface area contributed by atoms with E-state index >= 15 is 0 Å². The molecule has 2 N–H and O–H groups in total. The maximum atomic E-state index is 12.3. The number of hydrogen-bond donors (Lipinski definition) is 2. The van der Waals surface area contributed by atoms with Gasteiger partial charge in [0, 0.05) is 42.3 Å². The Kier molecular flexibility index (Phi) is 7.01. The van der Waals surface area contributed by atoms with E-state index in [-0.39, 0.29) is 12.0 Å². The Balaban J connectivity index is 1.48. The number of carbonyl (C=O) groups excluding carboxylic acids is 2. The Labute approximate surface area is 203 Å². The minimum atomic E-state index is -0.460. The average Bonchev–Trinajstić information content (AvgIpc) is 3.23. The highest BCUT2D eigenvalue weighted by Crippen LogP contribution is 2.34. The number of fused-ring (bicyclic) bond motifs is 1. The normalized spacial score (nSPS) is 15.2. The fourth-order valence-electron chi connectivity index (χ4n) is 3.92. The van der Waals surface area contributed by atoms with Crippen LogP contribution in [-0.2, 0) is 9.53 Å². The minimum Gasteiger partial charge on any atom is -0.466 e. The van der Waals surface area contributed by atoms with Crippen molar-refractivity contribution < 1.29 is 14.3 Å². The molecule has 2 amide bonds. The number of aromatic nitrogens is 3. The molecule has 1 fully saturated rings. The number of nitrogens with zero attached hydrogens (tertiary/aromatic N) is 4. The van der Waals surface area contributed by atoms with Crippen LogP contribution in [0.4, 0.5) is 15.9 Å². The molecule has 9 nitrogen and oxygen atoms in total. The van der Waals surface area contributed by atoms with Gasteiger partial charge in [0.1, 0.15) is 7.85 Å². The number of amides is 2. The van der Waals surface area contributed by atoms with Crippen molar-refractivity contribution in [2.24, 2.45) is 5.41 Å². The van der Waals surface area contributed by atoms with Crippen LogP contribution in [0.15, 0.2) is 24.5 Å². The number of benzene rings is 1. The Morgan fingerprint density at radius 2 is 1.88 bits per heavy atom. The molecule has 0 atom stereocenters. The van der Waals surface area contributed by atoms with Crippen LogP contribution in [-0.4, -0.2) is 61.0 Å². The second kappa shape index (κ2) is 9.96. The van der Waals surface area contributed by atoms with Crippen LogP contribution >= 0.6 is 11.3 Å². The van der Waals surface area contributed by atoms with E-state index in [1.807, 2.05) is 32.9 Å². The van der Waals surface area contributed by atoms with Crippen molar-refractivity contribution in [2.45, 2.75) is 33.6 Å². The molecule has 34 heavy (non-hydrogen) atoms. The van der Waals surface area contributed by atoms with Gasteiger partial charge in [-0.05, 0) is 45.2 Å². The number of ether oxygens (including phenoxy) is 1. The number of hydrogen-bond acceptors (Lipinski definition) is 8. The summed E-state index contributed by atoms with van der Waals surface area (Å²) in [4.78, 5) is 39.7. The zero-order valence-corrected chi connectivity index (χ0v) is 20.4. The summed E-state index contributed by atoms with van der Waals surface area (Å²) in [6.07, 6.45) is 4.92. The van der Waals surface area contributed by atoms with Crippen LogP contribution in [0.3, 0.4) is 0 Å². The molecule has 3 aromatic rings. The van der Waals surface area contributed by atoms with E-state index in [2.05, 4.69) is 30.5 Å². The molecule has 11 heteroatoms. The van der Waals surface area contributed by atoms with Gasteiger partial charge >= 0.3 is 12.0 Å². The molecular weight excluding hydrogens is 451 g/mol. The summed E-state index contributed by atoms with van der Waals surface area (Å²) >= 11 is 1.33. The summed E-state index contributed by atoms with van der Waals surface area (Å²) in [5.41, 5.74) is 2.48. The fourth-order valence-corrected chi connectivity index (χ4v) is 4.79. The first-order valence-electron chi connectivity index (χ1n) is 11.3. The number of anilines is 2. The fraction of sp³-hybridized carbons (Fsp3) is 0.435. The zero-order chi connectivity index (χ0) is 24.3. The Bertz CT molecular complexity index is 1190. The highest BCUT2D eigenvalue weighted by Gasteiger charge is 2.38. The Hall–Kier alpha value is -3.21. The van der Waals surface area contributed by atoms with E-state index in [9.17, 15) is 9.59 Å². The lowest BCUT2D eigenvalue weighted by atomic mass is 9.80. The molecule has 176 valence electrons. The van der Waals surface area contributed by atoms with Crippen LogP contribution in [0.5, 0.6) is 0 Å². The van der Waals surface area contributed by atoms with Crippen molar-refractivity contribution in [1.29, 1.82) is 0 Å². The lowest BCUT2D eigenvalue weighted by Gasteiger charge is -2.37. The number of esters is 1. The molecule has 0 bridgehead atoms. The van der Waals surface area contributed by atoms with Crippen molar-refractivity contribution >= 4 is 57.9 Å².